The number of carbonyl (C=O) groups excluding carboxylic acids is 2. The van der Waals surface area contributed by atoms with E-state index in [1.165, 1.54) is 11.3 Å². The first-order valence-corrected chi connectivity index (χ1v) is 10.2. The Hall–Kier alpha value is -2.29. The lowest BCUT2D eigenvalue weighted by atomic mass is 10.1. The van der Waals surface area contributed by atoms with Crippen LogP contribution in [0, 0.1) is 0 Å². The summed E-state index contributed by atoms with van der Waals surface area (Å²) in [7, 11) is 1.61. The summed E-state index contributed by atoms with van der Waals surface area (Å²) in [5, 5.41) is 3.50. The summed E-state index contributed by atoms with van der Waals surface area (Å²) in [4.78, 5) is 32.6. The lowest BCUT2D eigenvalue weighted by Crippen LogP contribution is -2.34. The minimum atomic E-state index is -0.362. The molecule has 0 saturated carbocycles. The molecule has 4 rings (SSSR count). The number of fused-ring (bicyclic) bond motifs is 1. The molecule has 148 valence electrons. The average molecular weight is 401 g/mol. The van der Waals surface area contributed by atoms with Crippen LogP contribution in [0.5, 0.6) is 5.75 Å². The van der Waals surface area contributed by atoms with Crippen LogP contribution < -0.4 is 10.1 Å². The van der Waals surface area contributed by atoms with Crippen molar-refractivity contribution in [3.63, 3.8) is 0 Å². The third kappa shape index (κ3) is 4.24. The molecule has 1 aromatic heterocycles. The van der Waals surface area contributed by atoms with Gasteiger partial charge in [0.25, 0.3) is 5.91 Å². The van der Waals surface area contributed by atoms with Crippen LogP contribution >= 0.6 is 11.3 Å². The summed E-state index contributed by atoms with van der Waals surface area (Å²) in [6, 6.07) is 7.19. The summed E-state index contributed by atoms with van der Waals surface area (Å²) >= 11 is 1.49. The molecule has 1 fully saturated rings. The fraction of sp³-hybridized carbons (Fsp3) is 0.450. The number of nitrogens with one attached hydrogen (secondary N) is 1. The van der Waals surface area contributed by atoms with E-state index in [2.05, 4.69) is 15.2 Å². The highest BCUT2D eigenvalue weighted by Crippen LogP contribution is 2.29. The Labute approximate surface area is 167 Å². The van der Waals surface area contributed by atoms with Crippen LogP contribution in [-0.2, 0) is 22.5 Å². The molecule has 1 saturated heterocycles. The number of hydrogen-bond donors (Lipinski definition) is 1. The molecule has 1 aromatic carbocycles. The Bertz CT molecular complexity index is 859. The predicted octanol–water partition coefficient (Wildman–Crippen LogP) is 2.51. The van der Waals surface area contributed by atoms with Crippen molar-refractivity contribution in [2.45, 2.75) is 31.9 Å². The average Bonchev–Trinajstić information content (AvgIpc) is 3.37. The second-order valence-corrected chi connectivity index (χ2v) is 8.08. The number of thiazole rings is 1. The van der Waals surface area contributed by atoms with E-state index in [1.807, 2.05) is 0 Å². The molecule has 0 radical (unpaired) electrons. The molecule has 2 aromatic rings. The highest BCUT2D eigenvalue weighted by atomic mass is 32.1. The van der Waals surface area contributed by atoms with Crippen LogP contribution in [0.25, 0.3) is 0 Å². The molecule has 8 heteroatoms. The minimum absolute atomic E-state index is 0.0857. The number of benzene rings is 1. The molecule has 0 aliphatic carbocycles. The largest absolute Gasteiger partial charge is 0.497 e. The van der Waals surface area contributed by atoms with Gasteiger partial charge in [-0.25, -0.2) is 4.98 Å². The van der Waals surface area contributed by atoms with Gasteiger partial charge in [0.15, 0.2) is 10.9 Å². The number of methoxy groups -OCH3 is 1. The van der Waals surface area contributed by atoms with Gasteiger partial charge in [-0.05, 0) is 37.1 Å². The van der Waals surface area contributed by atoms with E-state index < -0.39 is 0 Å². The first-order chi connectivity index (χ1) is 13.6. The van der Waals surface area contributed by atoms with Crippen molar-refractivity contribution in [3.8, 4) is 5.75 Å². The number of ketones is 1. The van der Waals surface area contributed by atoms with Gasteiger partial charge in [-0.15, -0.1) is 11.3 Å². The first kappa shape index (κ1) is 19.0. The molecule has 0 spiro atoms. The molecule has 1 amide bonds. The minimum Gasteiger partial charge on any atom is -0.497 e. The summed E-state index contributed by atoms with van der Waals surface area (Å²) in [6.45, 7) is 2.45. The molecule has 2 aliphatic rings. The van der Waals surface area contributed by atoms with Gasteiger partial charge in [0.1, 0.15) is 11.9 Å². The number of rotatable bonds is 6. The number of hydrogen-bond acceptors (Lipinski definition) is 7. The fourth-order valence-electron chi connectivity index (χ4n) is 3.48. The maximum Gasteiger partial charge on any atom is 0.255 e. The number of anilines is 1. The lowest BCUT2D eigenvalue weighted by Gasteiger charge is -2.25. The van der Waals surface area contributed by atoms with Gasteiger partial charge in [0, 0.05) is 36.6 Å². The van der Waals surface area contributed by atoms with Crippen LogP contribution in [0.1, 0.15) is 33.8 Å². The van der Waals surface area contributed by atoms with Crippen molar-refractivity contribution < 1.29 is 19.1 Å². The van der Waals surface area contributed by atoms with Crippen molar-refractivity contribution in [1.29, 1.82) is 0 Å². The van der Waals surface area contributed by atoms with E-state index in [-0.39, 0.29) is 17.8 Å². The first-order valence-electron chi connectivity index (χ1n) is 9.43. The van der Waals surface area contributed by atoms with Crippen LogP contribution in [0.2, 0.25) is 0 Å². The van der Waals surface area contributed by atoms with E-state index in [4.69, 9.17) is 9.47 Å². The summed E-state index contributed by atoms with van der Waals surface area (Å²) in [6.07, 6.45) is 2.10. The number of ether oxygens (including phenoxy) is 2. The molecule has 28 heavy (non-hydrogen) atoms. The molecule has 1 unspecified atom stereocenters. The Balaban J connectivity index is 1.35. The Morgan fingerprint density at radius 2 is 2.18 bits per heavy atom. The fourth-order valence-corrected chi connectivity index (χ4v) is 4.53. The van der Waals surface area contributed by atoms with Crippen LogP contribution in [-0.4, -0.2) is 54.5 Å². The molecule has 3 heterocycles. The Morgan fingerprint density at radius 1 is 1.36 bits per heavy atom. The van der Waals surface area contributed by atoms with E-state index in [0.29, 0.717) is 30.4 Å². The molecule has 7 nitrogen and oxygen atoms in total. The zero-order valence-electron chi connectivity index (χ0n) is 15.8. The van der Waals surface area contributed by atoms with Crippen molar-refractivity contribution in [2.75, 3.05) is 32.1 Å². The number of nitrogens with zero attached hydrogens (tertiary/aromatic N) is 2. The summed E-state index contributed by atoms with van der Waals surface area (Å²) < 4.78 is 10.6. The smallest absolute Gasteiger partial charge is 0.255 e. The second-order valence-electron chi connectivity index (χ2n) is 6.99. The summed E-state index contributed by atoms with van der Waals surface area (Å²) in [5.41, 5.74) is 1.70. The van der Waals surface area contributed by atoms with Crippen LogP contribution in [0.15, 0.2) is 24.3 Å². The third-order valence-electron chi connectivity index (χ3n) is 5.04. The van der Waals surface area contributed by atoms with Crippen molar-refractivity contribution in [1.82, 2.24) is 9.88 Å². The van der Waals surface area contributed by atoms with E-state index >= 15 is 0 Å². The Morgan fingerprint density at radius 3 is 2.89 bits per heavy atom. The summed E-state index contributed by atoms with van der Waals surface area (Å²) in [5.74, 6) is 0.707. The monoisotopic (exact) mass is 401 g/mol. The number of amides is 1. The normalized spacial score (nSPS) is 19.2. The van der Waals surface area contributed by atoms with Gasteiger partial charge in [0.2, 0.25) is 0 Å². The van der Waals surface area contributed by atoms with E-state index in [0.717, 1.165) is 42.1 Å². The molecule has 0 bridgehead atoms. The van der Waals surface area contributed by atoms with Gasteiger partial charge in [-0.3, -0.25) is 19.8 Å². The van der Waals surface area contributed by atoms with Gasteiger partial charge in [-0.1, -0.05) is 0 Å². The lowest BCUT2D eigenvalue weighted by molar-refractivity contribution is -0.124. The van der Waals surface area contributed by atoms with Gasteiger partial charge < -0.3 is 9.47 Å². The quantitative estimate of drug-likeness (QED) is 0.749. The van der Waals surface area contributed by atoms with Crippen LogP contribution in [0.4, 0.5) is 5.13 Å². The maximum atomic E-state index is 12.6. The zero-order chi connectivity index (χ0) is 19.5. The number of carbonyl (C=O) groups is 2. The maximum absolute atomic E-state index is 12.6. The molecule has 1 atom stereocenters. The molecular weight excluding hydrogens is 378 g/mol. The topological polar surface area (TPSA) is 80.8 Å². The van der Waals surface area contributed by atoms with Crippen molar-refractivity contribution in [3.05, 3.63) is 40.4 Å². The number of Topliss-reactive ketones (excluding diaryl/α,β-unsaturated/α-hetero) is 1. The third-order valence-corrected chi connectivity index (χ3v) is 6.04. The highest BCUT2D eigenvalue weighted by molar-refractivity contribution is 7.15. The van der Waals surface area contributed by atoms with E-state index in [9.17, 15) is 9.59 Å². The number of aromatic nitrogens is 1. The van der Waals surface area contributed by atoms with E-state index in [1.54, 1.807) is 31.4 Å². The van der Waals surface area contributed by atoms with Crippen LogP contribution in [0.3, 0.4) is 0 Å². The SMILES string of the molecule is COc1ccc(C(=O)CN2CCc3nc(NC(=O)C4CCCO4)sc3C2)cc1. The molecular formula is C20H23N3O4S. The predicted molar refractivity (Wildman–Crippen MR) is 106 cm³/mol. The molecule has 1 N–H and O–H groups in total. The van der Waals surface area contributed by atoms with Gasteiger partial charge >= 0.3 is 0 Å². The van der Waals surface area contributed by atoms with Crippen molar-refractivity contribution in [2.24, 2.45) is 0 Å². The Kier molecular flexibility index (Phi) is 5.70. The standard InChI is InChI=1S/C20H23N3O4S/c1-26-14-6-4-13(5-7-14)16(24)11-23-9-8-15-18(12-23)28-20(21-15)22-19(25)17-3-2-10-27-17/h4-7,17H,2-3,8-12H2,1H3,(H,21,22,25). The zero-order valence-corrected chi connectivity index (χ0v) is 16.6. The molecule has 2 aliphatic heterocycles. The van der Waals surface area contributed by atoms with Gasteiger partial charge in [0.05, 0.1) is 19.3 Å². The van der Waals surface area contributed by atoms with Crippen molar-refractivity contribution >= 4 is 28.2 Å². The van der Waals surface area contributed by atoms with Gasteiger partial charge in [-0.2, -0.15) is 0 Å². The highest BCUT2D eigenvalue weighted by Gasteiger charge is 2.26. The second kappa shape index (κ2) is 8.38.